The number of nitrogens with zero attached hydrogens (tertiary/aromatic N) is 1. The van der Waals surface area contributed by atoms with Gasteiger partial charge in [-0.2, -0.15) is 0 Å². The van der Waals surface area contributed by atoms with Crippen LogP contribution in [0, 0.1) is 0 Å². The fourth-order valence-electron chi connectivity index (χ4n) is 4.02. The second-order valence-corrected chi connectivity index (χ2v) is 8.20. The van der Waals surface area contributed by atoms with Crippen molar-refractivity contribution in [2.45, 2.75) is 24.5 Å². The van der Waals surface area contributed by atoms with Crippen LogP contribution in [-0.2, 0) is 14.3 Å². The Morgan fingerprint density at radius 1 is 0.833 bits per heavy atom. The van der Waals surface area contributed by atoms with Crippen molar-refractivity contribution in [2.24, 2.45) is 0 Å². The molecule has 2 heterocycles. The van der Waals surface area contributed by atoms with Crippen LogP contribution in [-0.4, -0.2) is 23.5 Å². The molecule has 3 aromatic rings. The highest BCUT2D eigenvalue weighted by atomic mass is 35.5. The van der Waals surface area contributed by atoms with Gasteiger partial charge in [0.1, 0.15) is 6.10 Å². The van der Waals surface area contributed by atoms with Gasteiger partial charge in [-0.3, -0.25) is 4.79 Å². The van der Waals surface area contributed by atoms with Crippen molar-refractivity contribution in [1.82, 2.24) is 4.90 Å². The summed E-state index contributed by atoms with van der Waals surface area (Å²) in [7, 11) is 0. The third-order valence-corrected chi connectivity index (χ3v) is 6.21. The second-order valence-electron chi connectivity index (χ2n) is 7.38. The first kappa shape index (κ1) is 19.6. The summed E-state index contributed by atoms with van der Waals surface area (Å²) in [6.07, 6.45) is -1.48. The summed E-state index contributed by atoms with van der Waals surface area (Å²) >= 11 is 12.9. The number of hydrogen-bond donors (Lipinski definition) is 0. The van der Waals surface area contributed by atoms with E-state index in [1.165, 1.54) is 0 Å². The first-order valence-corrected chi connectivity index (χ1v) is 10.5. The number of carbonyl (C=O) groups excluding carboxylic acids is 1. The second kappa shape index (κ2) is 8.05. The van der Waals surface area contributed by atoms with Crippen LogP contribution in [0.3, 0.4) is 0 Å². The molecular formula is C24H19Cl2NO3. The maximum Gasteiger partial charge on any atom is 0.257 e. The zero-order chi connectivity index (χ0) is 20.7. The fourth-order valence-corrected chi connectivity index (χ4v) is 4.60. The van der Waals surface area contributed by atoms with Crippen LogP contribution >= 0.6 is 23.2 Å². The molecule has 2 aliphatic heterocycles. The fraction of sp³-hybridized carbons (Fsp3) is 0.208. The number of amides is 1. The number of carbonyl (C=O) groups is 1. The van der Waals surface area contributed by atoms with Gasteiger partial charge in [-0.1, -0.05) is 89.9 Å². The molecule has 2 fully saturated rings. The molecule has 0 spiro atoms. The Hall–Kier alpha value is -2.37. The van der Waals surface area contributed by atoms with E-state index in [9.17, 15) is 4.79 Å². The minimum absolute atomic E-state index is 0.129. The molecule has 0 unspecified atom stereocenters. The van der Waals surface area contributed by atoms with E-state index >= 15 is 0 Å². The van der Waals surface area contributed by atoms with Gasteiger partial charge in [0.15, 0.2) is 12.3 Å². The summed E-state index contributed by atoms with van der Waals surface area (Å²) in [5.74, 6) is -0.129. The zero-order valence-electron chi connectivity index (χ0n) is 15.9. The Balaban J connectivity index is 1.50. The van der Waals surface area contributed by atoms with Gasteiger partial charge < -0.3 is 14.4 Å². The quantitative estimate of drug-likeness (QED) is 0.487. The van der Waals surface area contributed by atoms with Crippen molar-refractivity contribution in [3.63, 3.8) is 0 Å². The van der Waals surface area contributed by atoms with E-state index in [-0.39, 0.29) is 18.1 Å². The molecule has 30 heavy (non-hydrogen) atoms. The molecule has 3 aromatic carbocycles. The summed E-state index contributed by atoms with van der Waals surface area (Å²) in [4.78, 5) is 15.3. The molecule has 0 bridgehead atoms. The van der Waals surface area contributed by atoms with Gasteiger partial charge in [0.05, 0.1) is 12.6 Å². The molecule has 0 N–H and O–H groups in total. The first-order valence-electron chi connectivity index (χ1n) is 9.78. The lowest BCUT2D eigenvalue weighted by atomic mass is 10.0. The van der Waals surface area contributed by atoms with Crippen LogP contribution in [0.2, 0.25) is 10.0 Å². The smallest absolute Gasteiger partial charge is 0.257 e. The van der Waals surface area contributed by atoms with E-state index in [0.717, 1.165) is 11.1 Å². The van der Waals surface area contributed by atoms with Gasteiger partial charge in [-0.25, -0.2) is 0 Å². The molecule has 152 valence electrons. The first-order chi connectivity index (χ1) is 14.6. The molecule has 5 rings (SSSR count). The van der Waals surface area contributed by atoms with Crippen molar-refractivity contribution >= 4 is 29.1 Å². The lowest BCUT2D eigenvalue weighted by Crippen LogP contribution is -2.37. The van der Waals surface area contributed by atoms with E-state index in [1.54, 1.807) is 23.1 Å². The van der Waals surface area contributed by atoms with Gasteiger partial charge in [-0.15, -0.1) is 0 Å². The lowest BCUT2D eigenvalue weighted by molar-refractivity contribution is -0.139. The predicted molar refractivity (Wildman–Crippen MR) is 115 cm³/mol. The SMILES string of the molecule is O=C([C@@H]1O[C@H]1c1ccccc1)N1[C@@H](c2c(Cl)cccc2Cl)OC[C@H]1c1ccccc1. The highest BCUT2D eigenvalue weighted by molar-refractivity contribution is 6.36. The van der Waals surface area contributed by atoms with Crippen LogP contribution in [0.4, 0.5) is 0 Å². The zero-order valence-corrected chi connectivity index (χ0v) is 17.5. The van der Waals surface area contributed by atoms with Crippen LogP contribution in [0.25, 0.3) is 0 Å². The lowest BCUT2D eigenvalue weighted by Gasteiger charge is -2.29. The monoisotopic (exact) mass is 439 g/mol. The predicted octanol–water partition coefficient (Wildman–Crippen LogP) is 5.73. The molecule has 1 amide bonds. The maximum atomic E-state index is 13.6. The molecule has 0 radical (unpaired) electrons. The molecule has 4 nitrogen and oxygen atoms in total. The topological polar surface area (TPSA) is 42.1 Å². The van der Waals surface area contributed by atoms with Crippen molar-refractivity contribution < 1.29 is 14.3 Å². The van der Waals surface area contributed by atoms with Crippen molar-refractivity contribution in [2.75, 3.05) is 6.61 Å². The van der Waals surface area contributed by atoms with E-state index in [4.69, 9.17) is 32.7 Å². The van der Waals surface area contributed by atoms with Gasteiger partial charge in [0.25, 0.3) is 5.91 Å². The largest absolute Gasteiger partial charge is 0.354 e. The number of hydrogen-bond acceptors (Lipinski definition) is 3. The molecule has 6 heteroatoms. The van der Waals surface area contributed by atoms with Crippen LogP contribution in [0.15, 0.2) is 78.9 Å². The van der Waals surface area contributed by atoms with Crippen LogP contribution in [0.5, 0.6) is 0 Å². The minimum Gasteiger partial charge on any atom is -0.354 e. The number of benzene rings is 3. The third-order valence-electron chi connectivity index (χ3n) is 5.55. The van der Waals surface area contributed by atoms with E-state index in [2.05, 4.69) is 0 Å². The number of halogens is 2. The van der Waals surface area contributed by atoms with Crippen molar-refractivity contribution in [3.8, 4) is 0 Å². The molecule has 0 saturated carbocycles. The summed E-state index contributed by atoms with van der Waals surface area (Å²) in [6.45, 7) is 0.352. The van der Waals surface area contributed by atoms with E-state index < -0.39 is 12.3 Å². The average Bonchev–Trinajstić information content (AvgIpc) is 3.47. The van der Waals surface area contributed by atoms with Crippen molar-refractivity contribution in [3.05, 3.63) is 106 Å². The Kier molecular flexibility index (Phi) is 5.25. The van der Waals surface area contributed by atoms with Gasteiger partial charge in [0.2, 0.25) is 0 Å². The summed E-state index contributed by atoms with van der Waals surface area (Å²) < 4.78 is 11.9. The highest BCUT2D eigenvalue weighted by Crippen LogP contribution is 2.47. The summed E-state index contributed by atoms with van der Waals surface area (Å²) in [5, 5.41) is 0.936. The standard InChI is InChI=1S/C24H19Cl2NO3/c25-17-12-7-13-18(26)20(17)24-27(19(14-29-24)15-8-3-1-4-9-15)23(28)22-21(30-22)16-10-5-2-6-11-16/h1-13,19,21-22,24H,14H2/t19-,21-,22+,24+/m0/s1. The van der Waals surface area contributed by atoms with E-state index in [1.807, 2.05) is 60.7 Å². The van der Waals surface area contributed by atoms with Gasteiger partial charge >= 0.3 is 0 Å². The molecule has 4 atom stereocenters. The Morgan fingerprint density at radius 3 is 2.07 bits per heavy atom. The Morgan fingerprint density at radius 2 is 1.43 bits per heavy atom. The van der Waals surface area contributed by atoms with Gasteiger partial charge in [0, 0.05) is 15.6 Å². The summed E-state index contributed by atoms with van der Waals surface area (Å²) in [5.41, 5.74) is 2.58. The normalized spacial score (nSPS) is 25.3. The summed E-state index contributed by atoms with van der Waals surface area (Å²) in [6, 6.07) is 24.6. The molecule has 2 saturated heterocycles. The highest BCUT2D eigenvalue weighted by Gasteiger charge is 2.53. The Bertz CT molecular complexity index is 1040. The third kappa shape index (κ3) is 3.50. The molecule has 0 aromatic heterocycles. The van der Waals surface area contributed by atoms with E-state index in [0.29, 0.717) is 22.2 Å². The maximum absolute atomic E-state index is 13.6. The van der Waals surface area contributed by atoms with Crippen LogP contribution < -0.4 is 0 Å². The van der Waals surface area contributed by atoms with Crippen LogP contribution in [0.1, 0.15) is 35.1 Å². The van der Waals surface area contributed by atoms with Crippen molar-refractivity contribution in [1.29, 1.82) is 0 Å². The minimum atomic E-state index is -0.676. The molecular weight excluding hydrogens is 421 g/mol. The Labute approximate surface area is 184 Å². The average molecular weight is 440 g/mol. The number of rotatable bonds is 4. The number of ether oxygens (including phenoxy) is 2. The van der Waals surface area contributed by atoms with Gasteiger partial charge in [-0.05, 0) is 23.3 Å². The molecule has 2 aliphatic rings. The molecule has 0 aliphatic carbocycles. The number of epoxide rings is 1.